The van der Waals surface area contributed by atoms with Gasteiger partial charge in [-0.3, -0.25) is 0 Å². The molecule has 0 aliphatic rings. The molecule has 0 aliphatic heterocycles. The number of hydrogen-bond donors (Lipinski definition) is 2. The number of hydrogen-bond acceptors (Lipinski definition) is 4. The molecule has 2 aromatic carbocycles. The third kappa shape index (κ3) is 4.56. The van der Waals surface area contributed by atoms with Gasteiger partial charge in [-0.2, -0.15) is 0 Å². The van der Waals surface area contributed by atoms with Crippen LogP contribution in [0.25, 0.3) is 11.1 Å². The molecule has 4 nitrogen and oxygen atoms in total. The monoisotopic (exact) mass is 324 g/mol. The smallest absolute Gasteiger partial charge is 0.142 e. The van der Waals surface area contributed by atoms with Gasteiger partial charge < -0.3 is 20.9 Å². The summed E-state index contributed by atoms with van der Waals surface area (Å²) in [5.41, 5.74) is 15.2. The summed E-state index contributed by atoms with van der Waals surface area (Å²) in [6.45, 7) is 8.47. The first-order chi connectivity index (χ1) is 11.7. The zero-order valence-electron chi connectivity index (χ0n) is 13.8. The van der Waals surface area contributed by atoms with Crippen LogP contribution in [0.5, 0.6) is 11.5 Å². The highest BCUT2D eigenvalue weighted by atomic mass is 16.5. The molecule has 2 aromatic rings. The fraction of sp³-hybridized carbons (Fsp3) is 0.200. The highest BCUT2D eigenvalue weighted by molar-refractivity contribution is 5.73. The SMILES string of the molecule is C=CCCOc1cc(-c2ccc(N)c(OCCC=C)c2)ccc1N. The molecule has 0 atom stereocenters. The van der Waals surface area contributed by atoms with Gasteiger partial charge in [0.05, 0.1) is 24.6 Å². The molecule has 0 fully saturated rings. The highest BCUT2D eigenvalue weighted by Crippen LogP contribution is 2.33. The van der Waals surface area contributed by atoms with Gasteiger partial charge in [0.1, 0.15) is 11.5 Å². The van der Waals surface area contributed by atoms with Crippen LogP contribution in [0.2, 0.25) is 0 Å². The lowest BCUT2D eigenvalue weighted by molar-refractivity contribution is 0.326. The van der Waals surface area contributed by atoms with Crippen LogP contribution in [-0.2, 0) is 0 Å². The van der Waals surface area contributed by atoms with E-state index in [1.807, 2.05) is 48.6 Å². The summed E-state index contributed by atoms with van der Waals surface area (Å²) in [5, 5.41) is 0. The molecular weight excluding hydrogens is 300 g/mol. The first kappa shape index (κ1) is 17.5. The average Bonchev–Trinajstić information content (AvgIpc) is 2.59. The van der Waals surface area contributed by atoms with Crippen LogP contribution in [0.4, 0.5) is 11.4 Å². The van der Waals surface area contributed by atoms with Crippen LogP contribution in [-0.4, -0.2) is 13.2 Å². The van der Waals surface area contributed by atoms with E-state index >= 15 is 0 Å². The topological polar surface area (TPSA) is 70.5 Å². The van der Waals surface area contributed by atoms with Crippen molar-refractivity contribution in [3.63, 3.8) is 0 Å². The molecule has 0 saturated heterocycles. The number of rotatable bonds is 9. The number of anilines is 2. The van der Waals surface area contributed by atoms with Gasteiger partial charge in [0.15, 0.2) is 0 Å². The van der Waals surface area contributed by atoms with E-state index in [0.29, 0.717) is 36.1 Å². The van der Waals surface area contributed by atoms with E-state index in [0.717, 1.165) is 24.0 Å². The molecule has 0 bridgehead atoms. The predicted molar refractivity (Wildman–Crippen MR) is 101 cm³/mol. The molecule has 0 spiro atoms. The Morgan fingerprint density at radius 1 is 0.750 bits per heavy atom. The van der Waals surface area contributed by atoms with Crippen molar-refractivity contribution in [3.05, 3.63) is 61.7 Å². The van der Waals surface area contributed by atoms with Crippen molar-refractivity contribution in [3.8, 4) is 22.6 Å². The van der Waals surface area contributed by atoms with Crippen LogP contribution < -0.4 is 20.9 Å². The van der Waals surface area contributed by atoms with Gasteiger partial charge >= 0.3 is 0 Å². The number of nitrogen functional groups attached to an aromatic ring is 2. The summed E-state index contributed by atoms with van der Waals surface area (Å²) >= 11 is 0. The Morgan fingerprint density at radius 3 is 1.54 bits per heavy atom. The Bertz CT molecular complexity index is 649. The first-order valence-electron chi connectivity index (χ1n) is 7.92. The maximum atomic E-state index is 5.98. The third-order valence-electron chi connectivity index (χ3n) is 3.52. The fourth-order valence-electron chi connectivity index (χ4n) is 2.18. The number of nitrogens with two attached hydrogens (primary N) is 2. The Balaban J connectivity index is 2.23. The standard InChI is InChI=1S/C20H24N2O2/c1-3-5-11-23-19-13-15(7-9-17(19)21)16-8-10-18(22)20(14-16)24-12-6-4-2/h3-4,7-10,13-14H,1-2,5-6,11-12,21-22H2. The van der Waals surface area contributed by atoms with Gasteiger partial charge in [0.2, 0.25) is 0 Å². The Kier molecular flexibility index (Phi) is 6.32. The Labute approximate surface area is 143 Å². The summed E-state index contributed by atoms with van der Waals surface area (Å²) in [4.78, 5) is 0. The molecule has 0 radical (unpaired) electrons. The van der Waals surface area contributed by atoms with Crippen molar-refractivity contribution in [1.29, 1.82) is 0 Å². The molecule has 2 rings (SSSR count). The van der Waals surface area contributed by atoms with E-state index in [1.54, 1.807) is 0 Å². The van der Waals surface area contributed by atoms with Crippen LogP contribution in [0, 0.1) is 0 Å². The lowest BCUT2D eigenvalue weighted by atomic mass is 10.0. The maximum Gasteiger partial charge on any atom is 0.142 e. The molecule has 4 N–H and O–H groups in total. The van der Waals surface area contributed by atoms with E-state index in [9.17, 15) is 0 Å². The molecule has 0 saturated carbocycles. The minimum Gasteiger partial charge on any atom is -0.491 e. The van der Waals surface area contributed by atoms with Crippen molar-refractivity contribution in [2.24, 2.45) is 0 Å². The van der Waals surface area contributed by atoms with Crippen molar-refractivity contribution < 1.29 is 9.47 Å². The largest absolute Gasteiger partial charge is 0.491 e. The molecule has 0 aromatic heterocycles. The van der Waals surface area contributed by atoms with E-state index in [1.165, 1.54) is 0 Å². The van der Waals surface area contributed by atoms with Crippen molar-refractivity contribution in [2.45, 2.75) is 12.8 Å². The van der Waals surface area contributed by atoms with Gasteiger partial charge in [0, 0.05) is 0 Å². The highest BCUT2D eigenvalue weighted by Gasteiger charge is 2.08. The van der Waals surface area contributed by atoms with Crippen LogP contribution in [0.3, 0.4) is 0 Å². The Hall–Kier alpha value is -2.88. The normalized spacial score (nSPS) is 10.2. The van der Waals surface area contributed by atoms with E-state index in [-0.39, 0.29) is 0 Å². The molecule has 0 unspecified atom stereocenters. The number of benzene rings is 2. The zero-order chi connectivity index (χ0) is 17.4. The second kappa shape index (κ2) is 8.67. The van der Waals surface area contributed by atoms with Crippen molar-refractivity contribution >= 4 is 11.4 Å². The van der Waals surface area contributed by atoms with Crippen molar-refractivity contribution in [2.75, 3.05) is 24.7 Å². The number of ether oxygens (including phenoxy) is 2. The summed E-state index contributed by atoms with van der Waals surface area (Å²) in [6, 6.07) is 11.4. The second-order valence-electron chi connectivity index (χ2n) is 5.36. The van der Waals surface area contributed by atoms with E-state index in [2.05, 4.69) is 13.2 Å². The van der Waals surface area contributed by atoms with Gasteiger partial charge in [-0.1, -0.05) is 24.3 Å². The summed E-state index contributed by atoms with van der Waals surface area (Å²) < 4.78 is 11.4. The summed E-state index contributed by atoms with van der Waals surface area (Å²) in [7, 11) is 0. The molecule has 0 amide bonds. The zero-order valence-corrected chi connectivity index (χ0v) is 13.8. The molecule has 4 heteroatoms. The van der Waals surface area contributed by atoms with Crippen LogP contribution in [0.1, 0.15) is 12.8 Å². The maximum absolute atomic E-state index is 5.98. The lowest BCUT2D eigenvalue weighted by Crippen LogP contribution is -2.00. The minimum atomic E-state index is 0.550. The van der Waals surface area contributed by atoms with Crippen molar-refractivity contribution in [1.82, 2.24) is 0 Å². The lowest BCUT2D eigenvalue weighted by Gasteiger charge is -2.13. The van der Waals surface area contributed by atoms with Gasteiger partial charge in [0.25, 0.3) is 0 Å². The third-order valence-corrected chi connectivity index (χ3v) is 3.52. The summed E-state index contributed by atoms with van der Waals surface area (Å²) in [6.07, 6.45) is 5.17. The average molecular weight is 324 g/mol. The van der Waals surface area contributed by atoms with Crippen LogP contribution in [0.15, 0.2) is 61.7 Å². The van der Waals surface area contributed by atoms with Gasteiger partial charge in [-0.25, -0.2) is 0 Å². The van der Waals surface area contributed by atoms with Gasteiger partial charge in [-0.05, 0) is 48.2 Å². The molecular formula is C20H24N2O2. The molecule has 0 aliphatic carbocycles. The quantitative estimate of drug-likeness (QED) is 0.407. The first-order valence-corrected chi connectivity index (χ1v) is 7.92. The van der Waals surface area contributed by atoms with Crippen LogP contribution >= 0.6 is 0 Å². The minimum absolute atomic E-state index is 0.550. The molecule has 24 heavy (non-hydrogen) atoms. The van der Waals surface area contributed by atoms with Gasteiger partial charge in [-0.15, -0.1) is 13.2 Å². The molecule has 126 valence electrons. The molecule has 0 heterocycles. The van der Waals surface area contributed by atoms with E-state index < -0.39 is 0 Å². The second-order valence-corrected chi connectivity index (χ2v) is 5.36. The summed E-state index contributed by atoms with van der Waals surface area (Å²) in [5.74, 6) is 1.33. The van der Waals surface area contributed by atoms with E-state index in [4.69, 9.17) is 20.9 Å². The Morgan fingerprint density at radius 2 is 1.17 bits per heavy atom. The fourth-order valence-corrected chi connectivity index (χ4v) is 2.18. The predicted octanol–water partition coefficient (Wildman–Crippen LogP) is 4.43.